The van der Waals surface area contributed by atoms with Gasteiger partial charge in [-0.3, -0.25) is 0 Å². The molecule has 0 N–H and O–H groups in total. The summed E-state index contributed by atoms with van der Waals surface area (Å²) in [5.41, 5.74) is 1.91. The summed E-state index contributed by atoms with van der Waals surface area (Å²) in [6.45, 7) is 0. The van der Waals surface area contributed by atoms with Crippen LogP contribution in [0.15, 0.2) is 57.9 Å². The predicted molar refractivity (Wildman–Crippen MR) is 67.1 cm³/mol. The Kier molecular flexibility index (Phi) is 2.26. The number of oxazole rings is 1. The molecule has 0 fully saturated rings. The van der Waals surface area contributed by atoms with Crippen molar-refractivity contribution in [1.29, 1.82) is 0 Å². The summed E-state index contributed by atoms with van der Waals surface area (Å²) in [6.07, 6.45) is 1.65. The van der Waals surface area contributed by atoms with Crippen molar-refractivity contribution in [1.82, 2.24) is 4.98 Å². The van der Waals surface area contributed by atoms with Crippen molar-refractivity contribution in [3.8, 4) is 11.3 Å². The van der Waals surface area contributed by atoms with Crippen LogP contribution in [0.3, 0.4) is 0 Å². The highest BCUT2D eigenvalue weighted by Gasteiger charge is 2.04. The van der Waals surface area contributed by atoms with E-state index in [4.69, 9.17) is 4.42 Å². The third-order valence-corrected chi connectivity index (χ3v) is 2.89. The van der Waals surface area contributed by atoms with E-state index in [1.807, 2.05) is 18.2 Å². The summed E-state index contributed by atoms with van der Waals surface area (Å²) >= 11 is 3.20. The minimum Gasteiger partial charge on any atom is -0.439 e. The van der Waals surface area contributed by atoms with Crippen LogP contribution >= 0.6 is 15.9 Å². The van der Waals surface area contributed by atoms with Gasteiger partial charge in [0.05, 0.1) is 0 Å². The van der Waals surface area contributed by atoms with Crippen LogP contribution in [0.1, 0.15) is 0 Å². The number of aromatic nitrogens is 1. The maximum atomic E-state index is 5.14. The molecule has 0 amide bonds. The normalized spacial score (nSPS) is 10.8. The van der Waals surface area contributed by atoms with Crippen molar-refractivity contribution in [2.45, 2.75) is 0 Å². The molecule has 2 nitrogen and oxygen atoms in total. The molecule has 0 aliphatic rings. The maximum absolute atomic E-state index is 5.14. The van der Waals surface area contributed by atoms with Crippen molar-refractivity contribution in [3.63, 3.8) is 0 Å². The molecule has 2 aromatic carbocycles. The summed E-state index contributed by atoms with van der Waals surface area (Å²) in [7, 11) is 0. The van der Waals surface area contributed by atoms with Crippen molar-refractivity contribution in [2.75, 3.05) is 0 Å². The SMILES string of the molecule is Brc1nc(-c2ccc3ccccc3c2)co1. The number of hydrogen-bond donors (Lipinski definition) is 0. The van der Waals surface area contributed by atoms with E-state index in [0.29, 0.717) is 4.80 Å². The Labute approximate surface area is 101 Å². The highest BCUT2D eigenvalue weighted by atomic mass is 79.9. The fourth-order valence-electron chi connectivity index (χ4n) is 1.73. The Morgan fingerprint density at radius 3 is 2.56 bits per heavy atom. The van der Waals surface area contributed by atoms with Crippen molar-refractivity contribution in [3.05, 3.63) is 53.5 Å². The molecule has 1 heterocycles. The van der Waals surface area contributed by atoms with Gasteiger partial charge in [0.15, 0.2) is 0 Å². The van der Waals surface area contributed by atoms with Gasteiger partial charge in [0.2, 0.25) is 0 Å². The molecule has 0 radical (unpaired) electrons. The number of benzene rings is 2. The van der Waals surface area contributed by atoms with Gasteiger partial charge in [-0.25, -0.2) is 4.98 Å². The second-order valence-corrected chi connectivity index (χ2v) is 4.23. The standard InChI is InChI=1S/C13H8BrNO/c14-13-15-12(8-16-13)11-6-5-9-3-1-2-4-10(9)7-11/h1-8H. The Balaban J connectivity index is 2.18. The molecule has 3 heteroatoms. The molecule has 0 atom stereocenters. The fourth-order valence-corrected chi connectivity index (χ4v) is 2.02. The van der Waals surface area contributed by atoms with E-state index in [0.717, 1.165) is 11.3 Å². The zero-order valence-corrected chi connectivity index (χ0v) is 9.94. The lowest BCUT2D eigenvalue weighted by molar-refractivity contribution is 0.529. The van der Waals surface area contributed by atoms with Gasteiger partial charge in [0, 0.05) is 21.5 Å². The fraction of sp³-hybridized carbons (Fsp3) is 0. The smallest absolute Gasteiger partial charge is 0.264 e. The first kappa shape index (κ1) is 9.60. The Bertz CT molecular complexity index is 645. The summed E-state index contributed by atoms with van der Waals surface area (Å²) in [5.74, 6) is 0. The monoisotopic (exact) mass is 273 g/mol. The zero-order chi connectivity index (χ0) is 11.0. The summed E-state index contributed by atoms with van der Waals surface area (Å²) < 4.78 is 5.14. The minimum absolute atomic E-state index is 0.510. The van der Waals surface area contributed by atoms with E-state index < -0.39 is 0 Å². The van der Waals surface area contributed by atoms with Crippen LogP contribution in [0.25, 0.3) is 22.0 Å². The molecule has 0 unspecified atom stereocenters. The first-order chi connectivity index (χ1) is 7.83. The second kappa shape index (κ2) is 3.76. The van der Waals surface area contributed by atoms with Gasteiger partial charge in [0.25, 0.3) is 4.80 Å². The lowest BCUT2D eigenvalue weighted by Gasteiger charge is -1.99. The molecular weight excluding hydrogens is 266 g/mol. The average molecular weight is 274 g/mol. The molecule has 0 aliphatic carbocycles. The van der Waals surface area contributed by atoms with E-state index >= 15 is 0 Å². The topological polar surface area (TPSA) is 26.0 Å². The van der Waals surface area contributed by atoms with Gasteiger partial charge in [-0.1, -0.05) is 36.4 Å². The van der Waals surface area contributed by atoms with Gasteiger partial charge in [-0.05, 0) is 16.8 Å². The molecule has 0 saturated heterocycles. The quantitative estimate of drug-likeness (QED) is 0.662. The molecule has 3 aromatic rings. The third kappa shape index (κ3) is 1.63. The lowest BCUT2D eigenvalue weighted by atomic mass is 10.1. The molecule has 0 aliphatic heterocycles. The van der Waals surface area contributed by atoms with Crippen LogP contribution in [0.5, 0.6) is 0 Å². The van der Waals surface area contributed by atoms with Crippen LogP contribution in [0.2, 0.25) is 0 Å². The summed E-state index contributed by atoms with van der Waals surface area (Å²) in [5, 5.41) is 2.44. The summed E-state index contributed by atoms with van der Waals surface area (Å²) in [4.78, 5) is 4.75. The first-order valence-corrected chi connectivity index (χ1v) is 5.72. The molecule has 0 bridgehead atoms. The van der Waals surface area contributed by atoms with Crippen molar-refractivity contribution in [2.24, 2.45) is 0 Å². The lowest BCUT2D eigenvalue weighted by Crippen LogP contribution is -1.78. The third-order valence-electron chi connectivity index (χ3n) is 2.52. The van der Waals surface area contributed by atoms with Gasteiger partial charge < -0.3 is 4.42 Å². The molecule has 16 heavy (non-hydrogen) atoms. The highest BCUT2D eigenvalue weighted by Crippen LogP contribution is 2.24. The molecule has 1 aromatic heterocycles. The van der Waals surface area contributed by atoms with E-state index in [-0.39, 0.29) is 0 Å². The number of hydrogen-bond acceptors (Lipinski definition) is 2. The minimum atomic E-state index is 0.510. The number of rotatable bonds is 1. The van der Waals surface area contributed by atoms with Gasteiger partial charge in [-0.2, -0.15) is 0 Å². The molecule has 0 saturated carbocycles. The van der Waals surface area contributed by atoms with Crippen LogP contribution in [-0.4, -0.2) is 4.98 Å². The highest BCUT2D eigenvalue weighted by molar-refractivity contribution is 9.10. The van der Waals surface area contributed by atoms with E-state index in [9.17, 15) is 0 Å². The first-order valence-electron chi connectivity index (χ1n) is 4.93. The summed E-state index contributed by atoms with van der Waals surface area (Å²) in [6, 6.07) is 14.5. The van der Waals surface area contributed by atoms with Crippen LogP contribution in [-0.2, 0) is 0 Å². The molecular formula is C13H8BrNO. The van der Waals surface area contributed by atoms with Gasteiger partial charge >= 0.3 is 0 Å². The van der Waals surface area contributed by atoms with Crippen LogP contribution in [0, 0.1) is 0 Å². The van der Waals surface area contributed by atoms with E-state index in [1.165, 1.54) is 10.8 Å². The molecule has 3 rings (SSSR count). The predicted octanol–water partition coefficient (Wildman–Crippen LogP) is 4.26. The number of nitrogens with zero attached hydrogens (tertiary/aromatic N) is 1. The van der Waals surface area contributed by atoms with Crippen LogP contribution < -0.4 is 0 Å². The number of halogens is 1. The largest absolute Gasteiger partial charge is 0.439 e. The maximum Gasteiger partial charge on any atom is 0.264 e. The van der Waals surface area contributed by atoms with Gasteiger partial charge in [-0.15, -0.1) is 0 Å². The Morgan fingerprint density at radius 2 is 1.81 bits per heavy atom. The van der Waals surface area contributed by atoms with Crippen molar-refractivity contribution < 1.29 is 4.42 Å². The Hall–Kier alpha value is -1.61. The van der Waals surface area contributed by atoms with Crippen LogP contribution in [0.4, 0.5) is 0 Å². The second-order valence-electron chi connectivity index (χ2n) is 3.55. The van der Waals surface area contributed by atoms with E-state index in [2.05, 4.69) is 45.2 Å². The van der Waals surface area contributed by atoms with E-state index in [1.54, 1.807) is 6.26 Å². The zero-order valence-electron chi connectivity index (χ0n) is 8.35. The van der Waals surface area contributed by atoms with Gasteiger partial charge in [0.1, 0.15) is 12.0 Å². The number of fused-ring (bicyclic) bond motifs is 1. The molecule has 0 spiro atoms. The average Bonchev–Trinajstić information content (AvgIpc) is 2.75. The molecule has 78 valence electrons. The Morgan fingerprint density at radius 1 is 1.00 bits per heavy atom. The van der Waals surface area contributed by atoms with Crippen molar-refractivity contribution >= 4 is 26.7 Å².